The molecular formula is C52H37N3. The van der Waals surface area contributed by atoms with Gasteiger partial charge in [0.15, 0.2) is 0 Å². The van der Waals surface area contributed by atoms with Crippen molar-refractivity contribution < 1.29 is 0 Å². The topological polar surface area (TPSA) is 32.0 Å². The van der Waals surface area contributed by atoms with Crippen molar-refractivity contribution >= 4 is 44.6 Å². The van der Waals surface area contributed by atoms with Gasteiger partial charge in [-0.05, 0) is 111 Å². The van der Waals surface area contributed by atoms with Crippen molar-refractivity contribution in [3.8, 4) is 39.1 Å². The molecule has 0 bridgehead atoms. The summed E-state index contributed by atoms with van der Waals surface area (Å²) in [5.74, 6) is 0. The van der Waals surface area contributed by atoms with Crippen LogP contribution in [0.25, 0.3) is 60.9 Å². The minimum atomic E-state index is -0.129. The van der Waals surface area contributed by atoms with Crippen molar-refractivity contribution in [3.63, 3.8) is 0 Å². The van der Waals surface area contributed by atoms with Gasteiger partial charge in [0.1, 0.15) is 0 Å². The fourth-order valence-electron chi connectivity index (χ4n) is 9.39. The first-order chi connectivity index (χ1) is 27.0. The van der Waals surface area contributed by atoms with Crippen molar-refractivity contribution in [1.29, 1.82) is 5.41 Å². The number of rotatable bonds is 5. The van der Waals surface area contributed by atoms with E-state index in [1.165, 1.54) is 38.5 Å². The average Bonchev–Trinajstić information content (AvgIpc) is 3.80. The second-order valence-corrected chi connectivity index (χ2v) is 15.3. The SMILES string of the molecule is CC1(C)c2ccccc2-c2ccc(N(c3ccccc3)c3cc(-c4ccc5c(c4)c4ccccc4n5-c4ccccc4)c4c(c3)-c3ccccc3C4=N)cc21. The Hall–Kier alpha value is -6.97. The molecule has 1 N–H and O–H groups in total. The summed E-state index contributed by atoms with van der Waals surface area (Å²) >= 11 is 0. The number of fused-ring (bicyclic) bond motifs is 9. The van der Waals surface area contributed by atoms with E-state index >= 15 is 0 Å². The predicted octanol–water partition coefficient (Wildman–Crippen LogP) is 13.6. The molecule has 9 aromatic rings. The molecule has 0 aliphatic heterocycles. The second kappa shape index (κ2) is 11.8. The summed E-state index contributed by atoms with van der Waals surface area (Å²) in [4.78, 5) is 2.40. The number of benzene rings is 8. The van der Waals surface area contributed by atoms with E-state index in [0.717, 1.165) is 61.6 Å². The smallest absolute Gasteiger partial charge is 0.0703 e. The van der Waals surface area contributed by atoms with Crippen LogP contribution in [0.2, 0.25) is 0 Å². The van der Waals surface area contributed by atoms with Crippen molar-refractivity contribution in [1.82, 2.24) is 4.57 Å². The van der Waals surface area contributed by atoms with Gasteiger partial charge < -0.3 is 9.47 Å². The minimum Gasteiger partial charge on any atom is -0.310 e. The van der Waals surface area contributed by atoms with Crippen LogP contribution in [-0.2, 0) is 5.41 Å². The summed E-state index contributed by atoms with van der Waals surface area (Å²) < 4.78 is 2.36. The van der Waals surface area contributed by atoms with Crippen LogP contribution < -0.4 is 4.90 Å². The van der Waals surface area contributed by atoms with Crippen LogP contribution in [0.5, 0.6) is 0 Å². The summed E-state index contributed by atoms with van der Waals surface area (Å²) in [5.41, 5.74) is 18.8. The Morgan fingerprint density at radius 2 is 1.07 bits per heavy atom. The van der Waals surface area contributed by atoms with Crippen LogP contribution in [0.1, 0.15) is 36.1 Å². The molecule has 0 unspecified atom stereocenters. The van der Waals surface area contributed by atoms with Crippen molar-refractivity contribution in [2.24, 2.45) is 0 Å². The molecule has 8 aromatic carbocycles. The Morgan fingerprint density at radius 3 is 1.89 bits per heavy atom. The Bertz CT molecular complexity index is 3020. The number of para-hydroxylation sites is 3. The number of hydrogen-bond acceptors (Lipinski definition) is 2. The first kappa shape index (κ1) is 31.5. The van der Waals surface area contributed by atoms with Crippen LogP contribution in [-0.4, -0.2) is 10.3 Å². The maximum atomic E-state index is 9.59. The monoisotopic (exact) mass is 703 g/mol. The molecule has 1 aromatic heterocycles. The molecule has 11 rings (SSSR count). The van der Waals surface area contributed by atoms with Crippen LogP contribution in [0.3, 0.4) is 0 Å². The summed E-state index contributed by atoms with van der Waals surface area (Å²) in [6.45, 7) is 4.69. The first-order valence-corrected chi connectivity index (χ1v) is 19.0. The van der Waals surface area contributed by atoms with Crippen LogP contribution in [0.4, 0.5) is 17.1 Å². The van der Waals surface area contributed by atoms with Crippen LogP contribution in [0, 0.1) is 5.41 Å². The summed E-state index contributed by atoms with van der Waals surface area (Å²) in [5, 5.41) is 12.0. The molecule has 2 aliphatic rings. The van der Waals surface area contributed by atoms with E-state index in [9.17, 15) is 5.41 Å². The third kappa shape index (κ3) is 4.60. The molecule has 0 saturated heterocycles. The summed E-state index contributed by atoms with van der Waals surface area (Å²) in [7, 11) is 0. The Kier molecular flexibility index (Phi) is 6.75. The molecule has 0 spiro atoms. The van der Waals surface area contributed by atoms with Crippen molar-refractivity contribution in [2.75, 3.05) is 4.90 Å². The van der Waals surface area contributed by atoms with Gasteiger partial charge >= 0.3 is 0 Å². The normalized spacial score (nSPS) is 13.5. The lowest BCUT2D eigenvalue weighted by atomic mass is 9.82. The quantitative estimate of drug-likeness (QED) is 0.190. The van der Waals surface area contributed by atoms with Gasteiger partial charge in [0.25, 0.3) is 0 Å². The largest absolute Gasteiger partial charge is 0.310 e. The van der Waals surface area contributed by atoms with Crippen molar-refractivity contribution in [3.05, 3.63) is 204 Å². The molecule has 0 atom stereocenters. The number of nitrogens with zero attached hydrogens (tertiary/aromatic N) is 2. The second-order valence-electron chi connectivity index (χ2n) is 15.3. The lowest BCUT2D eigenvalue weighted by molar-refractivity contribution is 0.660. The van der Waals surface area contributed by atoms with E-state index in [0.29, 0.717) is 5.71 Å². The van der Waals surface area contributed by atoms with Crippen LogP contribution >= 0.6 is 0 Å². The molecule has 0 amide bonds. The fourth-order valence-corrected chi connectivity index (χ4v) is 9.39. The summed E-state index contributed by atoms with van der Waals surface area (Å²) in [6.07, 6.45) is 0. The van der Waals surface area contributed by atoms with Gasteiger partial charge in [0, 0.05) is 50.1 Å². The molecule has 0 radical (unpaired) electrons. The number of nitrogens with one attached hydrogen (secondary N) is 1. The van der Waals surface area contributed by atoms with E-state index in [4.69, 9.17) is 0 Å². The zero-order valence-electron chi connectivity index (χ0n) is 30.7. The number of aromatic nitrogens is 1. The zero-order chi connectivity index (χ0) is 36.8. The lowest BCUT2D eigenvalue weighted by Gasteiger charge is -2.29. The third-order valence-corrected chi connectivity index (χ3v) is 12.0. The Labute approximate surface area is 320 Å². The first-order valence-electron chi connectivity index (χ1n) is 19.0. The predicted molar refractivity (Wildman–Crippen MR) is 230 cm³/mol. The van der Waals surface area contributed by atoms with Gasteiger partial charge in [0.2, 0.25) is 0 Å². The number of anilines is 3. The Morgan fingerprint density at radius 1 is 0.436 bits per heavy atom. The molecule has 55 heavy (non-hydrogen) atoms. The number of hydrogen-bond donors (Lipinski definition) is 1. The highest BCUT2D eigenvalue weighted by molar-refractivity contribution is 6.26. The third-order valence-electron chi connectivity index (χ3n) is 12.0. The standard InChI is InChI=1S/C52H37N3/c1-52(2)46-23-13-11-20-39(46)40-27-26-36(32-47(40)52)54(34-15-5-3-6-16-34)37-30-43(50-45(31-37)38-19-9-10-22-42(38)51(50)53)33-25-28-49-44(29-33)41-21-12-14-24-48(41)55(49)35-17-7-4-8-18-35/h3-32,53H,1-2H3. The molecule has 260 valence electrons. The van der Waals surface area contributed by atoms with E-state index < -0.39 is 0 Å². The Balaban J connectivity index is 1.16. The van der Waals surface area contributed by atoms with Gasteiger partial charge in [-0.15, -0.1) is 0 Å². The van der Waals surface area contributed by atoms with Gasteiger partial charge in [-0.25, -0.2) is 0 Å². The molecule has 1 heterocycles. The molecule has 2 aliphatic carbocycles. The van der Waals surface area contributed by atoms with E-state index in [1.807, 2.05) is 6.07 Å². The maximum Gasteiger partial charge on any atom is 0.0703 e. The molecule has 3 nitrogen and oxygen atoms in total. The molecular weight excluding hydrogens is 667 g/mol. The van der Waals surface area contributed by atoms with Crippen molar-refractivity contribution in [2.45, 2.75) is 19.3 Å². The summed E-state index contributed by atoms with van der Waals surface area (Å²) in [6, 6.07) is 65.7. The highest BCUT2D eigenvalue weighted by Crippen LogP contribution is 2.52. The maximum absolute atomic E-state index is 9.59. The molecule has 0 saturated carbocycles. The molecule has 0 fully saturated rings. The van der Waals surface area contributed by atoms with Gasteiger partial charge in [-0.2, -0.15) is 0 Å². The van der Waals surface area contributed by atoms with Gasteiger partial charge in [-0.1, -0.05) is 129 Å². The lowest BCUT2D eigenvalue weighted by Crippen LogP contribution is -2.16. The zero-order valence-corrected chi connectivity index (χ0v) is 30.7. The highest BCUT2D eigenvalue weighted by atomic mass is 15.1. The van der Waals surface area contributed by atoms with Gasteiger partial charge in [-0.3, -0.25) is 5.41 Å². The highest BCUT2D eigenvalue weighted by Gasteiger charge is 2.36. The van der Waals surface area contributed by atoms with E-state index in [1.54, 1.807) is 0 Å². The fraction of sp³-hybridized carbons (Fsp3) is 0.0577. The molecule has 3 heteroatoms. The van der Waals surface area contributed by atoms with Gasteiger partial charge in [0.05, 0.1) is 16.7 Å². The van der Waals surface area contributed by atoms with Crippen LogP contribution in [0.15, 0.2) is 182 Å². The van der Waals surface area contributed by atoms with E-state index in [-0.39, 0.29) is 5.41 Å². The van der Waals surface area contributed by atoms with E-state index in [2.05, 4.69) is 199 Å². The minimum absolute atomic E-state index is 0.129. The average molecular weight is 704 g/mol.